The summed E-state index contributed by atoms with van der Waals surface area (Å²) < 4.78 is 0. The van der Waals surface area contributed by atoms with Crippen LogP contribution in [0.4, 0.5) is 5.69 Å². The molecule has 2 unspecified atom stereocenters. The summed E-state index contributed by atoms with van der Waals surface area (Å²) in [4.78, 5) is 5.34. The van der Waals surface area contributed by atoms with Gasteiger partial charge in [-0.25, -0.2) is 0 Å². The maximum Gasteiger partial charge on any atom is 0.122 e. The van der Waals surface area contributed by atoms with Crippen LogP contribution in [-0.4, -0.2) is 21.9 Å². The van der Waals surface area contributed by atoms with Gasteiger partial charge in [-0.05, 0) is 54.7 Å². The van der Waals surface area contributed by atoms with E-state index in [4.69, 9.17) is 4.99 Å². The van der Waals surface area contributed by atoms with Crippen molar-refractivity contribution in [2.45, 2.75) is 72.4 Å². The predicted octanol–water partition coefficient (Wildman–Crippen LogP) is 7.71. The van der Waals surface area contributed by atoms with Gasteiger partial charge >= 0.3 is 0 Å². The Morgan fingerprint density at radius 3 is 2.14 bits per heavy atom. The lowest BCUT2D eigenvalue weighted by Gasteiger charge is -2.45. The van der Waals surface area contributed by atoms with Crippen molar-refractivity contribution in [2.24, 2.45) is 10.4 Å². The molecule has 1 aliphatic heterocycles. The van der Waals surface area contributed by atoms with E-state index in [0.717, 1.165) is 29.4 Å². The van der Waals surface area contributed by atoms with Crippen LogP contribution in [-0.2, 0) is 5.41 Å². The number of phenolic OH excluding ortho intramolecular Hbond substituents is 1. The molecule has 2 aromatic carbocycles. The smallest absolute Gasteiger partial charge is 0.122 e. The van der Waals surface area contributed by atoms with Crippen LogP contribution in [0.1, 0.15) is 64.7 Å². The molecule has 1 saturated heterocycles. The number of para-hydroxylation sites is 1. The van der Waals surface area contributed by atoms with Crippen molar-refractivity contribution >= 4 is 19.1 Å². The van der Waals surface area contributed by atoms with Crippen LogP contribution in [0.15, 0.2) is 47.5 Å². The molecule has 0 saturated carbocycles. The van der Waals surface area contributed by atoms with Crippen molar-refractivity contribution in [2.75, 3.05) is 6.16 Å². The summed E-state index contributed by atoms with van der Waals surface area (Å²) in [7, 11) is -0.442. The molecule has 0 aromatic heterocycles. The van der Waals surface area contributed by atoms with Crippen LogP contribution in [0.5, 0.6) is 5.75 Å². The topological polar surface area (TPSA) is 32.6 Å². The Morgan fingerprint density at radius 2 is 1.59 bits per heavy atom. The third-order valence-electron chi connectivity index (χ3n) is 6.33. The molecule has 0 aliphatic carbocycles. The summed E-state index contributed by atoms with van der Waals surface area (Å²) in [6, 6.07) is 14.6. The fourth-order valence-electron chi connectivity index (χ4n) is 4.82. The van der Waals surface area contributed by atoms with Crippen molar-refractivity contribution in [3.8, 4) is 5.75 Å². The standard InChI is InChI=1S/C26H36NOP/c1-18-16-19(2)22(28)21(17-18)26(24(3,4)5)14-15-29(25(6,7)8)23(26)27-20-12-10-9-11-13-20/h9-13,16-17,28H,14-15H2,1-8H3. The van der Waals surface area contributed by atoms with Crippen LogP contribution in [0.3, 0.4) is 0 Å². The van der Waals surface area contributed by atoms with E-state index < -0.39 is 7.92 Å². The molecular formula is C26H36NOP. The minimum atomic E-state index is -0.442. The molecule has 3 heteroatoms. The summed E-state index contributed by atoms with van der Waals surface area (Å²) in [5.74, 6) is 0.442. The van der Waals surface area contributed by atoms with E-state index in [2.05, 4.69) is 84.9 Å². The minimum absolute atomic E-state index is 0.0688. The fourth-order valence-corrected chi connectivity index (χ4v) is 8.16. The number of hydrogen-bond donors (Lipinski definition) is 1. The molecule has 2 atom stereocenters. The van der Waals surface area contributed by atoms with E-state index in [1.807, 2.05) is 13.0 Å². The van der Waals surface area contributed by atoms with Crippen molar-refractivity contribution < 1.29 is 5.11 Å². The molecule has 1 fully saturated rings. The predicted molar refractivity (Wildman–Crippen MR) is 128 cm³/mol. The average molecular weight is 410 g/mol. The molecule has 0 spiro atoms. The van der Waals surface area contributed by atoms with Crippen LogP contribution in [0, 0.1) is 19.3 Å². The van der Waals surface area contributed by atoms with Gasteiger partial charge in [-0.2, -0.15) is 0 Å². The SMILES string of the molecule is Cc1cc(C)c(O)c(C2(C(C)(C)C)CCP(C(C)(C)C)C2=Nc2ccccc2)c1. The van der Waals surface area contributed by atoms with Gasteiger partial charge in [0.15, 0.2) is 0 Å². The Hall–Kier alpha value is -1.66. The zero-order chi connectivity index (χ0) is 21.6. The quantitative estimate of drug-likeness (QED) is 0.506. The lowest BCUT2D eigenvalue weighted by molar-refractivity contribution is 0.253. The highest BCUT2D eigenvalue weighted by Gasteiger charge is 2.57. The summed E-state index contributed by atoms with van der Waals surface area (Å²) in [6.45, 7) is 18.1. The third-order valence-corrected chi connectivity index (χ3v) is 9.62. The van der Waals surface area contributed by atoms with E-state index in [1.165, 1.54) is 11.0 Å². The number of aliphatic imine (C=N–C) groups is 1. The van der Waals surface area contributed by atoms with Gasteiger partial charge in [-0.1, -0.05) is 85.4 Å². The third kappa shape index (κ3) is 3.89. The van der Waals surface area contributed by atoms with Gasteiger partial charge in [0.2, 0.25) is 0 Å². The second kappa shape index (κ2) is 7.55. The van der Waals surface area contributed by atoms with E-state index in [1.54, 1.807) is 0 Å². The Labute approximate surface area is 178 Å². The highest BCUT2D eigenvalue weighted by molar-refractivity contribution is 7.77. The first-order valence-corrected chi connectivity index (χ1v) is 12.1. The van der Waals surface area contributed by atoms with E-state index in [9.17, 15) is 5.11 Å². The number of phenols is 1. The zero-order valence-corrected chi connectivity index (χ0v) is 20.2. The van der Waals surface area contributed by atoms with Crippen molar-refractivity contribution in [3.05, 3.63) is 59.2 Å². The average Bonchev–Trinajstić information content (AvgIpc) is 2.99. The molecule has 1 heterocycles. The van der Waals surface area contributed by atoms with Gasteiger partial charge in [0.05, 0.1) is 11.1 Å². The Kier molecular flexibility index (Phi) is 5.73. The first-order chi connectivity index (χ1) is 13.4. The maximum absolute atomic E-state index is 11.2. The van der Waals surface area contributed by atoms with Crippen molar-refractivity contribution in [1.29, 1.82) is 0 Å². The molecule has 0 bridgehead atoms. The normalized spacial score (nSPS) is 24.3. The lowest BCUT2D eigenvalue weighted by atomic mass is 9.61. The first-order valence-electron chi connectivity index (χ1n) is 10.6. The molecule has 156 valence electrons. The second-order valence-electron chi connectivity index (χ2n) is 10.5. The molecule has 1 N–H and O–H groups in total. The van der Waals surface area contributed by atoms with Crippen LogP contribution in [0.25, 0.3) is 0 Å². The lowest BCUT2D eigenvalue weighted by Crippen LogP contribution is -2.44. The number of aromatic hydroxyl groups is 1. The molecule has 3 rings (SSSR count). The molecule has 0 radical (unpaired) electrons. The van der Waals surface area contributed by atoms with Gasteiger partial charge in [-0.3, -0.25) is 4.99 Å². The van der Waals surface area contributed by atoms with E-state index in [-0.39, 0.29) is 16.0 Å². The molecule has 29 heavy (non-hydrogen) atoms. The number of rotatable bonds is 2. The summed E-state index contributed by atoms with van der Waals surface area (Å²) in [5.41, 5.74) is 5.17. The zero-order valence-electron chi connectivity index (χ0n) is 19.3. The number of benzene rings is 2. The van der Waals surface area contributed by atoms with Gasteiger partial charge in [0.1, 0.15) is 5.75 Å². The molecular weight excluding hydrogens is 373 g/mol. The number of aryl methyl sites for hydroxylation is 2. The molecule has 2 aromatic rings. The Bertz CT molecular complexity index is 918. The highest BCUT2D eigenvalue weighted by atomic mass is 31.1. The van der Waals surface area contributed by atoms with Gasteiger partial charge in [0, 0.05) is 11.0 Å². The first kappa shape index (κ1) is 22.0. The highest BCUT2D eigenvalue weighted by Crippen LogP contribution is 2.68. The number of nitrogens with zero attached hydrogens (tertiary/aromatic N) is 1. The summed E-state index contributed by atoms with van der Waals surface area (Å²) in [6.07, 6.45) is 2.18. The largest absolute Gasteiger partial charge is 0.507 e. The summed E-state index contributed by atoms with van der Waals surface area (Å²) in [5, 5.41) is 11.4. The fraction of sp³-hybridized carbons (Fsp3) is 0.500. The monoisotopic (exact) mass is 409 g/mol. The Morgan fingerprint density at radius 1 is 0.966 bits per heavy atom. The molecule has 0 amide bonds. The second-order valence-corrected chi connectivity index (χ2v) is 13.5. The van der Waals surface area contributed by atoms with E-state index >= 15 is 0 Å². The van der Waals surface area contributed by atoms with Gasteiger partial charge in [-0.15, -0.1) is 0 Å². The van der Waals surface area contributed by atoms with Crippen LogP contribution >= 0.6 is 7.92 Å². The summed E-state index contributed by atoms with van der Waals surface area (Å²) >= 11 is 0. The van der Waals surface area contributed by atoms with Crippen LogP contribution in [0.2, 0.25) is 0 Å². The minimum Gasteiger partial charge on any atom is -0.507 e. The van der Waals surface area contributed by atoms with Gasteiger partial charge < -0.3 is 5.11 Å². The van der Waals surface area contributed by atoms with Crippen molar-refractivity contribution in [3.63, 3.8) is 0 Å². The molecule has 1 aliphatic rings. The number of hydrogen-bond acceptors (Lipinski definition) is 2. The van der Waals surface area contributed by atoms with Crippen molar-refractivity contribution in [1.82, 2.24) is 0 Å². The van der Waals surface area contributed by atoms with Crippen LogP contribution < -0.4 is 0 Å². The maximum atomic E-state index is 11.2. The van der Waals surface area contributed by atoms with Gasteiger partial charge in [0.25, 0.3) is 0 Å². The Balaban J connectivity index is 2.37. The molecule has 2 nitrogen and oxygen atoms in total. The van der Waals surface area contributed by atoms with E-state index in [0.29, 0.717) is 5.75 Å².